The molecule has 0 aromatic rings. The number of allylic oxidation sites excluding steroid dienone is 4. The lowest BCUT2D eigenvalue weighted by Gasteiger charge is -2.02. The Kier molecular flexibility index (Phi) is 5.00. The highest BCUT2D eigenvalue weighted by Gasteiger charge is 1.92. The minimum absolute atomic E-state index is 1.16. The van der Waals surface area contributed by atoms with Crippen LogP contribution in [0.15, 0.2) is 23.3 Å². The topological polar surface area (TPSA) is 0 Å². The van der Waals surface area contributed by atoms with Gasteiger partial charge in [-0.2, -0.15) is 0 Å². The summed E-state index contributed by atoms with van der Waals surface area (Å²) >= 11 is 0. The highest BCUT2D eigenvalue weighted by atomic mass is 14.0. The molecule has 0 saturated heterocycles. The van der Waals surface area contributed by atoms with E-state index in [0.29, 0.717) is 0 Å². The van der Waals surface area contributed by atoms with Crippen molar-refractivity contribution in [1.82, 2.24) is 0 Å². The van der Waals surface area contributed by atoms with Gasteiger partial charge in [-0.05, 0) is 33.6 Å². The van der Waals surface area contributed by atoms with Gasteiger partial charge in [-0.1, -0.05) is 30.2 Å². The van der Waals surface area contributed by atoms with Gasteiger partial charge in [-0.25, -0.2) is 0 Å². The molecule has 10 heavy (non-hydrogen) atoms. The Morgan fingerprint density at radius 3 is 2.10 bits per heavy atom. The minimum Gasteiger partial charge on any atom is -0.0884 e. The fraction of sp³-hybridized carbons (Fsp3) is 0.600. The molecule has 0 spiro atoms. The number of hydrogen-bond donors (Lipinski definition) is 0. The van der Waals surface area contributed by atoms with Crippen molar-refractivity contribution < 1.29 is 0 Å². The van der Waals surface area contributed by atoms with Crippen molar-refractivity contribution in [1.29, 1.82) is 0 Å². The first-order chi connectivity index (χ1) is 4.74. The molecule has 0 heterocycles. The highest BCUT2D eigenvalue weighted by Crippen LogP contribution is 2.12. The maximum atomic E-state index is 2.22. The molecular formula is C10H18. The summed E-state index contributed by atoms with van der Waals surface area (Å²) in [5, 5.41) is 0. The van der Waals surface area contributed by atoms with Crippen LogP contribution in [-0.2, 0) is 0 Å². The summed E-state index contributed by atoms with van der Waals surface area (Å²) in [6.45, 7) is 8.59. The molecule has 0 aromatic heterocycles. The summed E-state index contributed by atoms with van der Waals surface area (Å²) in [5.41, 5.74) is 3.01. The zero-order valence-electron chi connectivity index (χ0n) is 7.57. The molecule has 0 atom stereocenters. The monoisotopic (exact) mass is 138 g/mol. The molecular weight excluding hydrogens is 120 g/mol. The van der Waals surface area contributed by atoms with Crippen LogP contribution in [0.1, 0.15) is 40.5 Å². The maximum Gasteiger partial charge on any atom is -0.0112 e. The van der Waals surface area contributed by atoms with E-state index in [4.69, 9.17) is 0 Å². The maximum absolute atomic E-state index is 2.22. The normalized spacial score (nSPS) is 14.0. The van der Waals surface area contributed by atoms with Crippen molar-refractivity contribution in [2.45, 2.75) is 40.5 Å². The first kappa shape index (κ1) is 9.48. The van der Waals surface area contributed by atoms with E-state index in [9.17, 15) is 0 Å². The van der Waals surface area contributed by atoms with E-state index >= 15 is 0 Å². The van der Waals surface area contributed by atoms with Gasteiger partial charge in [0.2, 0.25) is 0 Å². The van der Waals surface area contributed by atoms with Crippen LogP contribution in [0.5, 0.6) is 0 Å². The van der Waals surface area contributed by atoms with E-state index in [-0.39, 0.29) is 0 Å². The molecule has 0 fully saturated rings. The summed E-state index contributed by atoms with van der Waals surface area (Å²) in [5.74, 6) is 0. The van der Waals surface area contributed by atoms with E-state index < -0.39 is 0 Å². The van der Waals surface area contributed by atoms with Gasteiger partial charge in [0, 0.05) is 0 Å². The summed E-state index contributed by atoms with van der Waals surface area (Å²) < 4.78 is 0. The van der Waals surface area contributed by atoms with Crippen LogP contribution >= 0.6 is 0 Å². The van der Waals surface area contributed by atoms with Crippen LogP contribution in [0, 0.1) is 0 Å². The van der Waals surface area contributed by atoms with Crippen molar-refractivity contribution in [2.24, 2.45) is 0 Å². The SMILES string of the molecule is CC=C(C)CC(=CC)CC. The standard InChI is InChI=1S/C10H18/c1-5-9(4)8-10(6-2)7-3/h5-6H,7-8H2,1-4H3. The second-order valence-electron chi connectivity index (χ2n) is 2.61. The third kappa shape index (κ3) is 3.49. The lowest BCUT2D eigenvalue weighted by molar-refractivity contribution is 0.982. The zero-order valence-corrected chi connectivity index (χ0v) is 7.57. The van der Waals surface area contributed by atoms with Crippen LogP contribution in [0.3, 0.4) is 0 Å². The van der Waals surface area contributed by atoms with Crippen molar-refractivity contribution in [3.63, 3.8) is 0 Å². The second kappa shape index (κ2) is 5.28. The average molecular weight is 138 g/mol. The zero-order chi connectivity index (χ0) is 7.98. The fourth-order valence-corrected chi connectivity index (χ4v) is 0.891. The molecule has 58 valence electrons. The van der Waals surface area contributed by atoms with Gasteiger partial charge >= 0.3 is 0 Å². The van der Waals surface area contributed by atoms with E-state index in [2.05, 4.69) is 39.8 Å². The van der Waals surface area contributed by atoms with Gasteiger partial charge in [0.15, 0.2) is 0 Å². The summed E-state index contributed by atoms with van der Waals surface area (Å²) in [4.78, 5) is 0. The minimum atomic E-state index is 1.16. The highest BCUT2D eigenvalue weighted by molar-refractivity contribution is 5.11. The third-order valence-corrected chi connectivity index (χ3v) is 1.86. The van der Waals surface area contributed by atoms with Crippen LogP contribution in [0.25, 0.3) is 0 Å². The lowest BCUT2D eigenvalue weighted by atomic mass is 10.0. The molecule has 0 amide bonds. The Balaban J connectivity index is 3.88. The van der Waals surface area contributed by atoms with Gasteiger partial charge < -0.3 is 0 Å². The van der Waals surface area contributed by atoms with Crippen LogP contribution in [0.2, 0.25) is 0 Å². The van der Waals surface area contributed by atoms with Gasteiger partial charge in [0.25, 0.3) is 0 Å². The van der Waals surface area contributed by atoms with Crippen molar-refractivity contribution in [3.05, 3.63) is 23.3 Å². The third-order valence-electron chi connectivity index (χ3n) is 1.86. The van der Waals surface area contributed by atoms with Crippen LogP contribution < -0.4 is 0 Å². The molecule has 0 nitrogen and oxygen atoms in total. The van der Waals surface area contributed by atoms with Crippen LogP contribution in [0.4, 0.5) is 0 Å². The molecule has 0 aromatic carbocycles. The quantitative estimate of drug-likeness (QED) is 0.522. The van der Waals surface area contributed by atoms with Gasteiger partial charge in [0.1, 0.15) is 0 Å². The number of rotatable bonds is 3. The van der Waals surface area contributed by atoms with E-state index in [1.165, 1.54) is 17.6 Å². The first-order valence-electron chi connectivity index (χ1n) is 4.00. The second-order valence-corrected chi connectivity index (χ2v) is 2.61. The van der Waals surface area contributed by atoms with E-state index in [0.717, 1.165) is 6.42 Å². The van der Waals surface area contributed by atoms with Gasteiger partial charge in [-0.3, -0.25) is 0 Å². The van der Waals surface area contributed by atoms with Crippen molar-refractivity contribution >= 4 is 0 Å². The summed E-state index contributed by atoms with van der Waals surface area (Å²) in [6, 6.07) is 0. The Bertz CT molecular complexity index is 138. The molecule has 0 saturated carbocycles. The van der Waals surface area contributed by atoms with Gasteiger partial charge in [0.05, 0.1) is 0 Å². The Labute approximate surface area is 64.6 Å². The molecule has 0 rings (SSSR count). The first-order valence-corrected chi connectivity index (χ1v) is 4.00. The molecule has 0 unspecified atom stereocenters. The van der Waals surface area contributed by atoms with Gasteiger partial charge in [-0.15, -0.1) is 0 Å². The molecule has 0 aliphatic heterocycles. The largest absolute Gasteiger partial charge is 0.0884 e. The smallest absolute Gasteiger partial charge is 0.0112 e. The number of hydrogen-bond acceptors (Lipinski definition) is 0. The fourth-order valence-electron chi connectivity index (χ4n) is 0.891. The lowest BCUT2D eigenvalue weighted by Crippen LogP contribution is -1.81. The Morgan fingerprint density at radius 2 is 1.80 bits per heavy atom. The Hall–Kier alpha value is -0.520. The van der Waals surface area contributed by atoms with Crippen molar-refractivity contribution in [2.75, 3.05) is 0 Å². The van der Waals surface area contributed by atoms with E-state index in [1.807, 2.05) is 0 Å². The molecule has 0 N–H and O–H groups in total. The summed E-state index contributed by atoms with van der Waals surface area (Å²) in [6.07, 6.45) is 6.73. The van der Waals surface area contributed by atoms with Crippen molar-refractivity contribution in [3.8, 4) is 0 Å². The molecule has 0 radical (unpaired) electrons. The molecule has 0 bridgehead atoms. The average Bonchev–Trinajstić information content (AvgIpc) is 1.99. The van der Waals surface area contributed by atoms with E-state index in [1.54, 1.807) is 0 Å². The molecule has 0 aliphatic rings. The predicted octanol–water partition coefficient (Wildman–Crippen LogP) is 3.70. The summed E-state index contributed by atoms with van der Waals surface area (Å²) in [7, 11) is 0. The molecule has 0 heteroatoms. The Morgan fingerprint density at radius 1 is 1.20 bits per heavy atom. The molecule has 0 aliphatic carbocycles. The predicted molar refractivity (Wildman–Crippen MR) is 48.1 cm³/mol. The van der Waals surface area contributed by atoms with Crippen LogP contribution in [-0.4, -0.2) is 0 Å².